The molecule has 14 nitrogen and oxygen atoms in total. The average Bonchev–Trinajstić information content (AvgIpc) is 3.50. The van der Waals surface area contributed by atoms with E-state index in [1.54, 1.807) is 60.8 Å². The summed E-state index contributed by atoms with van der Waals surface area (Å²) in [5.41, 5.74) is 7.95. The Morgan fingerprint density at radius 3 is 2.10 bits per heavy atom. The van der Waals surface area contributed by atoms with Crippen molar-refractivity contribution >= 4 is 52.1 Å². The summed E-state index contributed by atoms with van der Waals surface area (Å²) in [7, 11) is 0. The Bertz CT molecular complexity index is 1800. The zero-order valence-electron chi connectivity index (χ0n) is 27.6. The van der Waals surface area contributed by atoms with Crippen LogP contribution >= 0.6 is 0 Å². The Kier molecular flexibility index (Phi) is 13.1. The van der Waals surface area contributed by atoms with Gasteiger partial charge in [-0.1, -0.05) is 66.7 Å². The van der Waals surface area contributed by atoms with Crippen molar-refractivity contribution in [2.45, 2.75) is 50.7 Å². The molecule has 0 fully saturated rings. The molecule has 4 amide bonds. The normalized spacial score (nSPS) is 12.6. The number of amides is 4. The van der Waals surface area contributed by atoms with E-state index in [0.29, 0.717) is 18.7 Å². The van der Waals surface area contributed by atoms with Gasteiger partial charge in [0, 0.05) is 49.1 Å². The third kappa shape index (κ3) is 10.7. The predicted octanol–water partition coefficient (Wildman–Crippen LogP) is 1.81. The summed E-state index contributed by atoms with van der Waals surface area (Å²) in [6, 6.07) is 21.4. The maximum absolute atomic E-state index is 14.3. The van der Waals surface area contributed by atoms with Gasteiger partial charge >= 0.3 is 5.97 Å². The summed E-state index contributed by atoms with van der Waals surface area (Å²) in [6.45, 7) is 0.918. The zero-order valence-corrected chi connectivity index (χ0v) is 27.6. The number of hydrogen-bond donors (Lipinski definition) is 8. The fourth-order valence-electron chi connectivity index (χ4n) is 5.60. The van der Waals surface area contributed by atoms with Gasteiger partial charge in [-0.15, -0.1) is 0 Å². The smallest absolute Gasteiger partial charge is 0.323 e. The minimum absolute atomic E-state index is 0.0151. The summed E-state index contributed by atoms with van der Waals surface area (Å²) in [4.78, 5) is 70.3. The topological polar surface area (TPSA) is 223 Å². The molecule has 0 aliphatic rings. The first-order valence-corrected chi connectivity index (χ1v) is 16.1. The number of carboxylic acid groups (broad SMARTS) is 1. The van der Waals surface area contributed by atoms with Crippen LogP contribution in [0.3, 0.4) is 0 Å². The quantitative estimate of drug-likeness (QED) is 0.0465. The predicted molar refractivity (Wildman–Crippen MR) is 189 cm³/mol. The first-order chi connectivity index (χ1) is 24.0. The highest BCUT2D eigenvalue weighted by atomic mass is 16.4. The van der Waals surface area contributed by atoms with E-state index in [2.05, 4.69) is 26.3 Å². The third-order valence-electron chi connectivity index (χ3n) is 7.94. The summed E-state index contributed by atoms with van der Waals surface area (Å²) < 4.78 is 0. The summed E-state index contributed by atoms with van der Waals surface area (Å²) in [5, 5.41) is 28.8. The Balaban J connectivity index is 1.66. The van der Waals surface area contributed by atoms with Gasteiger partial charge in [-0.3, -0.25) is 34.3 Å². The van der Waals surface area contributed by atoms with Crippen LogP contribution in [0.4, 0.5) is 5.69 Å². The first-order valence-electron chi connectivity index (χ1n) is 16.1. The number of para-hydroxylation sites is 2. The molecule has 4 rings (SSSR count). The molecule has 0 aliphatic heterocycles. The average molecular weight is 683 g/mol. The molecule has 0 aliphatic carbocycles. The van der Waals surface area contributed by atoms with Crippen molar-refractivity contribution in [2.75, 3.05) is 18.0 Å². The lowest BCUT2D eigenvalue weighted by Gasteiger charge is -2.29. The van der Waals surface area contributed by atoms with E-state index in [4.69, 9.17) is 11.1 Å². The molecule has 14 heteroatoms. The van der Waals surface area contributed by atoms with Gasteiger partial charge in [0.15, 0.2) is 5.96 Å². The van der Waals surface area contributed by atoms with Crippen molar-refractivity contribution in [3.8, 4) is 0 Å². The number of rotatable bonds is 17. The highest BCUT2D eigenvalue weighted by molar-refractivity contribution is 6.03. The van der Waals surface area contributed by atoms with Gasteiger partial charge in [-0.25, -0.2) is 0 Å². The molecule has 50 heavy (non-hydrogen) atoms. The summed E-state index contributed by atoms with van der Waals surface area (Å²) in [5.74, 6) is -3.86. The van der Waals surface area contributed by atoms with E-state index >= 15 is 0 Å². The number of carbonyl (C=O) groups excluding carboxylic acids is 4. The molecule has 3 unspecified atom stereocenters. The number of carboxylic acids is 1. The number of nitrogens with one attached hydrogen (secondary N) is 6. The van der Waals surface area contributed by atoms with Gasteiger partial charge < -0.3 is 37.1 Å². The van der Waals surface area contributed by atoms with Crippen LogP contribution in [0.1, 0.15) is 30.9 Å². The number of benzene rings is 3. The van der Waals surface area contributed by atoms with Crippen LogP contribution in [0.2, 0.25) is 0 Å². The third-order valence-corrected chi connectivity index (χ3v) is 7.94. The lowest BCUT2D eigenvalue weighted by molar-refractivity contribution is -0.137. The van der Waals surface area contributed by atoms with E-state index in [-0.39, 0.29) is 25.2 Å². The molecule has 0 bridgehead atoms. The fourth-order valence-corrected chi connectivity index (χ4v) is 5.60. The SMILES string of the molecule is CC(=O)NC(CCCNC(=N)N)C(=O)NC(Cc1ccccc1)C(=O)NC(Cc1c[nH]c2ccccc12)C(=O)N(CC(=O)O)c1ccccc1. The van der Waals surface area contributed by atoms with Crippen molar-refractivity contribution in [3.63, 3.8) is 0 Å². The van der Waals surface area contributed by atoms with Gasteiger partial charge in [0.25, 0.3) is 0 Å². The second-order valence-electron chi connectivity index (χ2n) is 11.8. The molecule has 9 N–H and O–H groups in total. The van der Waals surface area contributed by atoms with Crippen molar-refractivity contribution in [3.05, 3.63) is 102 Å². The number of anilines is 1. The lowest BCUT2D eigenvalue weighted by atomic mass is 10.0. The molecule has 3 aromatic carbocycles. The first kappa shape index (κ1) is 36.7. The summed E-state index contributed by atoms with van der Waals surface area (Å²) >= 11 is 0. The number of hydrogen-bond acceptors (Lipinski definition) is 6. The highest BCUT2D eigenvalue weighted by Gasteiger charge is 2.33. The van der Waals surface area contributed by atoms with E-state index in [0.717, 1.165) is 26.9 Å². The fraction of sp³-hybridized carbons (Fsp3) is 0.278. The standard InChI is InChI=1S/C36H42N8O6/c1-23(45)41-29(17-10-18-39-36(37)38)33(48)42-30(19-24-11-4-2-5-12-24)34(49)43-31(20-25-21-40-28-16-9-8-15-27(25)28)35(50)44(22-32(46)47)26-13-6-3-7-14-26/h2-9,11-16,21,29-31,40H,10,17-20,22H2,1H3,(H,41,45)(H,42,48)(H,43,49)(H,46,47)(H4,37,38,39). The molecular weight excluding hydrogens is 640 g/mol. The Hall–Kier alpha value is -6.18. The van der Waals surface area contributed by atoms with E-state index < -0.39 is 54.3 Å². The number of aromatic nitrogens is 1. The molecular formula is C36H42N8O6. The van der Waals surface area contributed by atoms with Crippen molar-refractivity contribution < 1.29 is 29.1 Å². The number of aromatic amines is 1. The Morgan fingerprint density at radius 1 is 0.820 bits per heavy atom. The molecule has 1 heterocycles. The van der Waals surface area contributed by atoms with Gasteiger partial charge in [0.05, 0.1) is 0 Å². The molecule has 0 saturated heterocycles. The summed E-state index contributed by atoms with van der Waals surface area (Å²) in [6.07, 6.45) is 2.38. The van der Waals surface area contributed by atoms with E-state index in [9.17, 15) is 29.1 Å². The van der Waals surface area contributed by atoms with Crippen molar-refractivity contribution in [1.29, 1.82) is 5.41 Å². The molecule has 0 saturated carbocycles. The molecule has 3 atom stereocenters. The van der Waals surface area contributed by atoms with Crippen LogP contribution in [0.15, 0.2) is 91.1 Å². The van der Waals surface area contributed by atoms with E-state index in [1.807, 2.05) is 30.3 Å². The number of fused-ring (bicyclic) bond motifs is 1. The minimum atomic E-state index is -1.24. The molecule has 1 aromatic heterocycles. The number of carbonyl (C=O) groups is 5. The van der Waals surface area contributed by atoms with Gasteiger partial charge in [0.1, 0.15) is 24.7 Å². The Morgan fingerprint density at radius 2 is 1.44 bits per heavy atom. The number of nitrogens with two attached hydrogens (primary N) is 1. The van der Waals surface area contributed by atoms with Crippen molar-refractivity contribution in [1.82, 2.24) is 26.3 Å². The highest BCUT2D eigenvalue weighted by Crippen LogP contribution is 2.22. The van der Waals surface area contributed by atoms with Crippen LogP contribution in [0.5, 0.6) is 0 Å². The monoisotopic (exact) mass is 682 g/mol. The van der Waals surface area contributed by atoms with Gasteiger partial charge in [-0.2, -0.15) is 0 Å². The van der Waals surface area contributed by atoms with Crippen LogP contribution < -0.4 is 31.9 Å². The number of H-pyrrole nitrogens is 1. The molecule has 0 spiro atoms. The van der Waals surface area contributed by atoms with Crippen LogP contribution in [-0.4, -0.2) is 76.9 Å². The minimum Gasteiger partial charge on any atom is -0.480 e. The molecule has 0 radical (unpaired) electrons. The molecule has 4 aromatic rings. The largest absolute Gasteiger partial charge is 0.480 e. The van der Waals surface area contributed by atoms with E-state index in [1.165, 1.54) is 6.92 Å². The number of aliphatic carboxylic acids is 1. The number of nitrogens with zero attached hydrogens (tertiary/aromatic N) is 1. The maximum atomic E-state index is 14.3. The zero-order chi connectivity index (χ0) is 36.0. The van der Waals surface area contributed by atoms with Gasteiger partial charge in [-0.05, 0) is 42.2 Å². The van der Waals surface area contributed by atoms with Crippen LogP contribution in [0.25, 0.3) is 10.9 Å². The second kappa shape index (κ2) is 17.8. The van der Waals surface area contributed by atoms with Gasteiger partial charge in [0.2, 0.25) is 23.6 Å². The van der Waals surface area contributed by atoms with Crippen molar-refractivity contribution in [2.24, 2.45) is 5.73 Å². The molecule has 262 valence electrons. The Labute approximate surface area is 289 Å². The maximum Gasteiger partial charge on any atom is 0.323 e. The van der Waals surface area contributed by atoms with Crippen LogP contribution in [0, 0.1) is 5.41 Å². The second-order valence-corrected chi connectivity index (χ2v) is 11.8. The van der Waals surface area contributed by atoms with Crippen LogP contribution in [-0.2, 0) is 36.8 Å². The lowest BCUT2D eigenvalue weighted by Crippen LogP contribution is -2.58. The number of guanidine groups is 1.